The molecule has 0 aliphatic heterocycles. The molecule has 0 radical (unpaired) electrons. The van der Waals surface area contributed by atoms with Crippen molar-refractivity contribution in [3.05, 3.63) is 34.1 Å². The third-order valence-corrected chi connectivity index (χ3v) is 3.14. The average Bonchev–Trinajstić information content (AvgIpc) is 2.29. The van der Waals surface area contributed by atoms with Gasteiger partial charge in [0.05, 0.1) is 0 Å². The summed E-state index contributed by atoms with van der Waals surface area (Å²) < 4.78 is 19.5. The minimum Gasteiger partial charge on any atom is -0.479 e. The Morgan fingerprint density at radius 3 is 2.33 bits per heavy atom. The van der Waals surface area contributed by atoms with E-state index in [1.807, 2.05) is 0 Å². The first-order chi connectivity index (χ1) is 9.45. The molecule has 5 nitrogen and oxygen atoms in total. The smallest absolute Gasteiger partial charge is 0.408 e. The van der Waals surface area contributed by atoms with Gasteiger partial charge in [0.15, 0.2) is 5.54 Å². The summed E-state index contributed by atoms with van der Waals surface area (Å²) in [5.74, 6) is -2.13. The van der Waals surface area contributed by atoms with Gasteiger partial charge in [-0.2, -0.15) is 0 Å². The summed E-state index contributed by atoms with van der Waals surface area (Å²) in [5, 5.41) is 11.6. The molecule has 0 aliphatic carbocycles. The fourth-order valence-electron chi connectivity index (χ4n) is 1.62. The van der Waals surface area contributed by atoms with Gasteiger partial charge >= 0.3 is 12.1 Å². The van der Waals surface area contributed by atoms with Crippen LogP contribution in [0.3, 0.4) is 0 Å². The molecule has 1 unspecified atom stereocenters. The fourth-order valence-corrected chi connectivity index (χ4v) is 1.99. The van der Waals surface area contributed by atoms with Gasteiger partial charge in [0.2, 0.25) is 0 Å². The lowest BCUT2D eigenvalue weighted by molar-refractivity contribution is -0.144. The lowest BCUT2D eigenvalue weighted by Gasteiger charge is -2.29. The van der Waals surface area contributed by atoms with Gasteiger partial charge in [0.1, 0.15) is 11.4 Å². The summed E-state index contributed by atoms with van der Waals surface area (Å²) in [5.41, 5.74) is -2.91. The highest BCUT2D eigenvalue weighted by molar-refractivity contribution is 9.10. The lowest BCUT2D eigenvalue weighted by atomic mass is 9.92. The number of halogens is 2. The van der Waals surface area contributed by atoms with E-state index in [0.29, 0.717) is 4.47 Å². The number of aliphatic carboxylic acids is 1. The topological polar surface area (TPSA) is 75.6 Å². The summed E-state index contributed by atoms with van der Waals surface area (Å²) in [4.78, 5) is 23.4. The molecule has 1 atom stereocenters. The van der Waals surface area contributed by atoms with Crippen LogP contribution >= 0.6 is 15.9 Å². The summed E-state index contributed by atoms with van der Waals surface area (Å²) >= 11 is 3.15. The zero-order valence-corrected chi connectivity index (χ0v) is 13.7. The standard InChI is InChI=1S/C14H17BrFNO4/c1-13(2,3)21-12(20)17-14(4,11(18)19)9-7-8(15)5-6-10(9)16/h5-7H,1-4H3,(H,17,20)(H,18,19). The summed E-state index contributed by atoms with van der Waals surface area (Å²) in [7, 11) is 0. The van der Waals surface area contributed by atoms with Gasteiger partial charge < -0.3 is 15.2 Å². The summed E-state index contributed by atoms with van der Waals surface area (Å²) in [6, 6.07) is 3.87. The molecular formula is C14H17BrFNO4. The van der Waals surface area contributed by atoms with Gasteiger partial charge in [-0.15, -0.1) is 0 Å². The number of nitrogens with one attached hydrogen (secondary N) is 1. The SMILES string of the molecule is CC(C)(C)OC(=O)NC(C)(C(=O)O)c1cc(Br)ccc1F. The van der Waals surface area contributed by atoms with Crippen molar-refractivity contribution in [2.75, 3.05) is 0 Å². The van der Waals surface area contributed by atoms with Crippen molar-refractivity contribution in [1.29, 1.82) is 0 Å². The number of alkyl carbamates (subject to hydrolysis) is 1. The molecule has 0 saturated heterocycles. The molecule has 0 fully saturated rings. The maximum absolute atomic E-state index is 13.9. The molecule has 1 aromatic carbocycles. The van der Waals surface area contributed by atoms with E-state index in [9.17, 15) is 19.1 Å². The highest BCUT2D eigenvalue weighted by Crippen LogP contribution is 2.27. The Labute approximate surface area is 130 Å². The summed E-state index contributed by atoms with van der Waals surface area (Å²) in [6.07, 6.45) is -0.938. The Morgan fingerprint density at radius 2 is 1.86 bits per heavy atom. The van der Waals surface area contributed by atoms with Gasteiger partial charge in [-0.1, -0.05) is 15.9 Å². The second kappa shape index (κ2) is 6.01. The van der Waals surface area contributed by atoms with Crippen LogP contribution in [0.5, 0.6) is 0 Å². The quantitative estimate of drug-likeness (QED) is 0.864. The Bertz CT molecular complexity index is 571. The van der Waals surface area contributed by atoms with Crippen molar-refractivity contribution >= 4 is 28.0 Å². The zero-order valence-electron chi connectivity index (χ0n) is 12.2. The summed E-state index contributed by atoms with van der Waals surface area (Å²) in [6.45, 7) is 6.13. The number of amides is 1. The second-order valence-corrected chi connectivity index (χ2v) is 6.60. The Morgan fingerprint density at radius 1 is 1.29 bits per heavy atom. The predicted octanol–water partition coefficient (Wildman–Crippen LogP) is 3.41. The molecule has 7 heteroatoms. The maximum atomic E-state index is 13.9. The zero-order chi connectivity index (χ0) is 16.4. The maximum Gasteiger partial charge on any atom is 0.408 e. The van der Waals surface area contributed by atoms with E-state index in [1.165, 1.54) is 19.1 Å². The largest absolute Gasteiger partial charge is 0.479 e. The molecule has 0 bridgehead atoms. The third-order valence-electron chi connectivity index (χ3n) is 2.65. The van der Waals surface area contributed by atoms with Crippen molar-refractivity contribution in [2.24, 2.45) is 0 Å². The highest BCUT2D eigenvalue weighted by atomic mass is 79.9. The molecule has 1 aromatic rings. The van der Waals surface area contributed by atoms with Crippen LogP contribution in [-0.2, 0) is 15.1 Å². The first kappa shape index (κ1) is 17.4. The van der Waals surface area contributed by atoms with Crippen LogP contribution in [-0.4, -0.2) is 22.8 Å². The molecule has 21 heavy (non-hydrogen) atoms. The van der Waals surface area contributed by atoms with Crippen molar-refractivity contribution in [3.63, 3.8) is 0 Å². The number of carbonyl (C=O) groups is 2. The Hall–Kier alpha value is -1.63. The first-order valence-electron chi connectivity index (χ1n) is 6.16. The monoisotopic (exact) mass is 361 g/mol. The van der Waals surface area contributed by atoms with Crippen LogP contribution in [0, 0.1) is 5.82 Å². The second-order valence-electron chi connectivity index (χ2n) is 5.68. The number of carbonyl (C=O) groups excluding carboxylic acids is 1. The van der Waals surface area contributed by atoms with Gasteiger partial charge in [-0.3, -0.25) is 0 Å². The predicted molar refractivity (Wildman–Crippen MR) is 78.5 cm³/mol. The minimum absolute atomic E-state index is 0.171. The van der Waals surface area contributed by atoms with Gasteiger partial charge in [-0.05, 0) is 45.9 Å². The minimum atomic E-state index is -1.95. The number of hydrogen-bond acceptors (Lipinski definition) is 3. The number of carboxylic acids is 1. The molecule has 116 valence electrons. The van der Waals surface area contributed by atoms with Crippen molar-refractivity contribution in [3.8, 4) is 0 Å². The molecule has 0 spiro atoms. The van der Waals surface area contributed by atoms with Gasteiger partial charge in [-0.25, -0.2) is 14.0 Å². The molecule has 1 amide bonds. The van der Waals surface area contributed by atoms with Crippen LogP contribution < -0.4 is 5.32 Å². The van der Waals surface area contributed by atoms with Crippen LogP contribution in [0.2, 0.25) is 0 Å². The number of rotatable bonds is 3. The molecule has 0 aliphatic rings. The van der Waals surface area contributed by atoms with E-state index in [1.54, 1.807) is 20.8 Å². The van der Waals surface area contributed by atoms with E-state index >= 15 is 0 Å². The number of hydrogen-bond donors (Lipinski definition) is 2. The van der Waals surface area contributed by atoms with E-state index < -0.39 is 29.0 Å². The molecular weight excluding hydrogens is 345 g/mol. The molecule has 1 rings (SSSR count). The van der Waals surface area contributed by atoms with E-state index in [4.69, 9.17) is 4.74 Å². The van der Waals surface area contributed by atoms with Crippen molar-refractivity contribution in [2.45, 2.75) is 38.8 Å². The fraction of sp³-hybridized carbons (Fsp3) is 0.429. The lowest BCUT2D eigenvalue weighted by Crippen LogP contribution is -2.51. The Kier molecular flexibility index (Phi) is 4.99. The Balaban J connectivity index is 3.18. The van der Waals surface area contributed by atoms with Gasteiger partial charge in [0.25, 0.3) is 0 Å². The van der Waals surface area contributed by atoms with E-state index in [-0.39, 0.29) is 5.56 Å². The van der Waals surface area contributed by atoms with E-state index in [0.717, 1.165) is 6.07 Å². The van der Waals surface area contributed by atoms with Crippen molar-refractivity contribution in [1.82, 2.24) is 5.32 Å². The molecule has 2 N–H and O–H groups in total. The van der Waals surface area contributed by atoms with Crippen LogP contribution in [0.1, 0.15) is 33.3 Å². The molecule has 0 heterocycles. The van der Waals surface area contributed by atoms with E-state index in [2.05, 4.69) is 21.2 Å². The third kappa shape index (κ3) is 4.42. The number of benzene rings is 1. The first-order valence-corrected chi connectivity index (χ1v) is 6.95. The van der Waals surface area contributed by atoms with Crippen LogP contribution in [0.15, 0.2) is 22.7 Å². The molecule has 0 aromatic heterocycles. The van der Waals surface area contributed by atoms with Crippen LogP contribution in [0.25, 0.3) is 0 Å². The average molecular weight is 362 g/mol. The van der Waals surface area contributed by atoms with Gasteiger partial charge in [0, 0.05) is 10.0 Å². The highest BCUT2D eigenvalue weighted by Gasteiger charge is 2.40. The normalized spacial score (nSPS) is 14.2. The van der Waals surface area contributed by atoms with Crippen LogP contribution in [0.4, 0.5) is 9.18 Å². The van der Waals surface area contributed by atoms with Crippen molar-refractivity contribution < 1.29 is 23.8 Å². The number of carboxylic acid groups (broad SMARTS) is 1. The number of ether oxygens (including phenoxy) is 1. The molecule has 0 saturated carbocycles.